The van der Waals surface area contributed by atoms with Crippen molar-refractivity contribution < 1.29 is 26.4 Å². The lowest BCUT2D eigenvalue weighted by Crippen LogP contribution is -2.48. The zero-order valence-electron chi connectivity index (χ0n) is 18.7. The number of carbonyl (C=O) groups excluding carboxylic acids is 1. The molecule has 3 aromatic carbocycles. The van der Waals surface area contributed by atoms with E-state index in [1.807, 2.05) is 13.0 Å². The van der Waals surface area contributed by atoms with E-state index >= 15 is 0 Å². The van der Waals surface area contributed by atoms with Crippen LogP contribution < -0.4 is 19.1 Å². The van der Waals surface area contributed by atoms with Gasteiger partial charge in [-0.2, -0.15) is 0 Å². The first-order valence-corrected chi connectivity index (χ1v) is 14.1. The molecule has 4 rings (SSSR count). The Morgan fingerprint density at radius 1 is 1.00 bits per heavy atom. The number of nitrogens with one attached hydrogen (secondary N) is 2. The van der Waals surface area contributed by atoms with E-state index < -0.39 is 32.1 Å². The highest BCUT2D eigenvalue weighted by molar-refractivity contribution is 7.92. The smallest absolute Gasteiger partial charge is 0.267 e. The number of hydrogen-bond acceptors (Lipinski definition) is 6. The van der Waals surface area contributed by atoms with Crippen molar-refractivity contribution in [1.29, 1.82) is 0 Å². The second-order valence-corrected chi connectivity index (χ2v) is 12.0. The topological polar surface area (TPSA) is 122 Å². The fourth-order valence-corrected chi connectivity index (χ4v) is 5.66. The average molecular weight is 536 g/mol. The Morgan fingerprint density at radius 2 is 1.71 bits per heavy atom. The lowest BCUT2D eigenvalue weighted by atomic mass is 10.2. The van der Waals surface area contributed by atoms with Gasteiger partial charge in [0.15, 0.2) is 6.10 Å². The van der Waals surface area contributed by atoms with Crippen LogP contribution in [-0.4, -0.2) is 41.6 Å². The van der Waals surface area contributed by atoms with Crippen molar-refractivity contribution in [3.8, 4) is 5.75 Å². The van der Waals surface area contributed by atoms with Gasteiger partial charge in [0.2, 0.25) is 10.0 Å². The minimum atomic E-state index is -3.83. The number of amides is 1. The SMILES string of the molecule is Cc1cccc(NS(=O)(=O)c2ccc(NC(=O)[C@@H]3CN(S(C)(=O)=O)c4cc(Cl)ccc4O3)cc2)c1. The minimum Gasteiger partial charge on any atom is -0.476 e. The monoisotopic (exact) mass is 535 g/mol. The molecule has 1 aliphatic heterocycles. The van der Waals surface area contributed by atoms with Gasteiger partial charge >= 0.3 is 0 Å². The Balaban J connectivity index is 1.49. The number of nitrogens with zero attached hydrogens (tertiary/aromatic N) is 1. The van der Waals surface area contributed by atoms with E-state index in [1.165, 1.54) is 42.5 Å². The number of aryl methyl sites for hydroxylation is 1. The Kier molecular flexibility index (Phi) is 6.67. The molecule has 0 unspecified atom stereocenters. The fraction of sp³-hybridized carbons (Fsp3) is 0.174. The van der Waals surface area contributed by atoms with Gasteiger partial charge in [-0.05, 0) is 67.1 Å². The van der Waals surface area contributed by atoms with E-state index in [0.29, 0.717) is 16.4 Å². The molecular weight excluding hydrogens is 514 g/mol. The molecule has 0 radical (unpaired) electrons. The molecule has 12 heteroatoms. The van der Waals surface area contributed by atoms with Gasteiger partial charge in [0.1, 0.15) is 5.75 Å². The van der Waals surface area contributed by atoms with Crippen molar-refractivity contribution in [3.05, 3.63) is 77.3 Å². The van der Waals surface area contributed by atoms with Crippen molar-refractivity contribution in [2.75, 3.05) is 27.1 Å². The molecule has 35 heavy (non-hydrogen) atoms. The number of sulfonamides is 2. The van der Waals surface area contributed by atoms with Crippen molar-refractivity contribution in [2.24, 2.45) is 0 Å². The summed E-state index contributed by atoms with van der Waals surface area (Å²) >= 11 is 5.99. The Labute approximate surface area is 208 Å². The van der Waals surface area contributed by atoms with Crippen LogP contribution in [0.4, 0.5) is 17.1 Å². The number of halogens is 1. The summed E-state index contributed by atoms with van der Waals surface area (Å²) in [7, 11) is -7.53. The van der Waals surface area contributed by atoms with E-state index in [4.69, 9.17) is 16.3 Å². The zero-order chi connectivity index (χ0) is 25.4. The van der Waals surface area contributed by atoms with Crippen LogP contribution in [0.3, 0.4) is 0 Å². The summed E-state index contributed by atoms with van der Waals surface area (Å²) < 4.78 is 59.2. The van der Waals surface area contributed by atoms with Crippen LogP contribution in [0, 0.1) is 6.92 Å². The van der Waals surface area contributed by atoms with Crippen molar-refractivity contribution in [1.82, 2.24) is 0 Å². The molecule has 0 bridgehead atoms. The van der Waals surface area contributed by atoms with Crippen LogP contribution in [0.15, 0.2) is 71.6 Å². The standard InChI is InChI=1S/C23H22ClN3O6S2/c1-15-4-3-5-18(12-15)26-35(31,32)19-9-7-17(8-10-19)25-23(28)22-14-27(34(2,29)30)20-13-16(24)6-11-21(20)33-22/h3-13,22,26H,14H2,1-2H3,(H,25,28)/t22-/m0/s1. The zero-order valence-corrected chi connectivity index (χ0v) is 21.1. The molecule has 0 saturated heterocycles. The van der Waals surface area contributed by atoms with Crippen LogP contribution in [0.5, 0.6) is 5.75 Å². The number of benzene rings is 3. The molecule has 3 aromatic rings. The Bertz CT molecular complexity index is 1490. The molecule has 2 N–H and O–H groups in total. The van der Waals surface area contributed by atoms with Crippen LogP contribution >= 0.6 is 11.6 Å². The van der Waals surface area contributed by atoms with E-state index in [2.05, 4.69) is 10.0 Å². The summed E-state index contributed by atoms with van der Waals surface area (Å²) in [5, 5.41) is 2.96. The van der Waals surface area contributed by atoms with Crippen LogP contribution in [0.25, 0.3) is 0 Å². The number of anilines is 3. The number of fused-ring (bicyclic) bond motifs is 1. The lowest BCUT2D eigenvalue weighted by Gasteiger charge is -2.34. The minimum absolute atomic E-state index is 0.0139. The van der Waals surface area contributed by atoms with E-state index in [0.717, 1.165) is 16.1 Å². The third-order valence-corrected chi connectivity index (χ3v) is 7.96. The number of ether oxygens (including phenoxy) is 1. The van der Waals surface area contributed by atoms with Gasteiger partial charge < -0.3 is 10.1 Å². The van der Waals surface area contributed by atoms with E-state index in [-0.39, 0.29) is 22.9 Å². The Hall–Kier alpha value is -3.28. The quantitative estimate of drug-likeness (QED) is 0.497. The van der Waals surface area contributed by atoms with Gasteiger partial charge in [-0.15, -0.1) is 0 Å². The first-order chi connectivity index (χ1) is 16.4. The average Bonchev–Trinajstić information content (AvgIpc) is 2.77. The van der Waals surface area contributed by atoms with Crippen molar-refractivity contribution in [3.63, 3.8) is 0 Å². The summed E-state index contributed by atoms with van der Waals surface area (Å²) in [5.74, 6) is -0.386. The highest BCUT2D eigenvalue weighted by Crippen LogP contribution is 2.37. The second-order valence-electron chi connectivity index (χ2n) is 8.00. The molecule has 0 saturated carbocycles. The van der Waals surface area contributed by atoms with Gasteiger partial charge in [-0.3, -0.25) is 13.8 Å². The molecule has 0 aliphatic carbocycles. The molecule has 1 atom stereocenters. The number of hydrogen-bond donors (Lipinski definition) is 2. The molecule has 0 aromatic heterocycles. The molecule has 1 amide bonds. The van der Waals surface area contributed by atoms with Gasteiger partial charge in [-0.25, -0.2) is 16.8 Å². The fourth-order valence-electron chi connectivity index (χ4n) is 3.54. The molecule has 0 spiro atoms. The molecule has 0 fully saturated rings. The molecule has 184 valence electrons. The summed E-state index contributed by atoms with van der Waals surface area (Å²) in [6.07, 6.45) is -0.105. The van der Waals surface area contributed by atoms with Crippen molar-refractivity contribution >= 4 is 54.6 Å². The van der Waals surface area contributed by atoms with Crippen LogP contribution in [-0.2, 0) is 24.8 Å². The molecular formula is C23H22ClN3O6S2. The van der Waals surface area contributed by atoms with Crippen LogP contribution in [0.2, 0.25) is 5.02 Å². The summed E-state index contributed by atoms with van der Waals surface area (Å²) in [4.78, 5) is 12.9. The summed E-state index contributed by atoms with van der Waals surface area (Å²) in [6, 6.07) is 17.0. The van der Waals surface area contributed by atoms with Crippen LogP contribution in [0.1, 0.15) is 5.56 Å². The van der Waals surface area contributed by atoms with Gasteiger partial charge in [0.05, 0.1) is 23.4 Å². The highest BCUT2D eigenvalue weighted by atomic mass is 35.5. The first kappa shape index (κ1) is 24.8. The second kappa shape index (κ2) is 9.40. The highest BCUT2D eigenvalue weighted by Gasteiger charge is 2.35. The first-order valence-electron chi connectivity index (χ1n) is 10.4. The summed E-state index contributed by atoms with van der Waals surface area (Å²) in [6.45, 7) is 1.61. The van der Waals surface area contributed by atoms with Gasteiger partial charge in [0, 0.05) is 16.4 Å². The number of rotatable bonds is 6. The maximum absolute atomic E-state index is 12.9. The predicted molar refractivity (Wildman–Crippen MR) is 135 cm³/mol. The summed E-state index contributed by atoms with van der Waals surface area (Å²) in [5.41, 5.74) is 1.92. The third kappa shape index (κ3) is 5.69. The largest absolute Gasteiger partial charge is 0.476 e. The maximum Gasteiger partial charge on any atom is 0.267 e. The number of carbonyl (C=O) groups is 1. The lowest BCUT2D eigenvalue weighted by molar-refractivity contribution is -0.122. The third-order valence-electron chi connectivity index (χ3n) is 5.19. The van der Waals surface area contributed by atoms with Gasteiger partial charge in [0.25, 0.3) is 15.9 Å². The molecule has 1 aliphatic rings. The van der Waals surface area contributed by atoms with Crippen molar-refractivity contribution in [2.45, 2.75) is 17.9 Å². The molecule has 1 heterocycles. The Morgan fingerprint density at radius 3 is 2.37 bits per heavy atom. The van der Waals surface area contributed by atoms with Gasteiger partial charge in [-0.1, -0.05) is 23.7 Å². The van der Waals surface area contributed by atoms with E-state index in [9.17, 15) is 21.6 Å². The molecule has 9 nitrogen and oxygen atoms in total. The predicted octanol–water partition coefficient (Wildman–Crippen LogP) is 3.61. The van der Waals surface area contributed by atoms with E-state index in [1.54, 1.807) is 18.2 Å². The normalized spacial score (nSPS) is 15.6. The maximum atomic E-state index is 12.9.